The number of carbonyl (C=O) groups excluding carboxylic acids is 2. The third-order valence-corrected chi connectivity index (χ3v) is 5.42. The molecule has 0 fully saturated rings. The van der Waals surface area contributed by atoms with Gasteiger partial charge in [0, 0.05) is 29.3 Å². The first kappa shape index (κ1) is 22.8. The molecule has 0 atom stereocenters. The van der Waals surface area contributed by atoms with Crippen LogP contribution in [0.1, 0.15) is 15.9 Å². The average Bonchev–Trinajstić information content (AvgIpc) is 2.90. The number of amides is 2. The molecule has 1 heterocycles. The number of ether oxygens (including phenoxy) is 2. The van der Waals surface area contributed by atoms with Gasteiger partial charge in [-0.25, -0.2) is 0 Å². The van der Waals surface area contributed by atoms with E-state index in [1.807, 2.05) is 48.7 Å². The van der Waals surface area contributed by atoms with Crippen LogP contribution in [0.2, 0.25) is 0 Å². The van der Waals surface area contributed by atoms with Gasteiger partial charge in [-0.1, -0.05) is 36.4 Å². The Kier molecular flexibility index (Phi) is 7.03. The second kappa shape index (κ2) is 10.5. The summed E-state index contributed by atoms with van der Waals surface area (Å²) in [7, 11) is 3.12. The highest BCUT2D eigenvalue weighted by atomic mass is 16.5. The first-order valence-corrected chi connectivity index (χ1v) is 10.8. The molecule has 0 spiro atoms. The van der Waals surface area contributed by atoms with Gasteiger partial charge in [-0.15, -0.1) is 0 Å². The molecular weight excluding hydrogens is 430 g/mol. The number of rotatable bonds is 8. The van der Waals surface area contributed by atoms with Crippen LogP contribution >= 0.6 is 0 Å². The molecule has 0 radical (unpaired) electrons. The van der Waals surface area contributed by atoms with Crippen LogP contribution in [-0.2, 0) is 11.3 Å². The van der Waals surface area contributed by atoms with Crippen molar-refractivity contribution in [1.82, 2.24) is 15.6 Å². The third kappa shape index (κ3) is 5.32. The minimum absolute atomic E-state index is 0.123. The van der Waals surface area contributed by atoms with Crippen molar-refractivity contribution in [3.8, 4) is 22.6 Å². The number of fused-ring (bicyclic) bond motifs is 1. The van der Waals surface area contributed by atoms with E-state index in [9.17, 15) is 9.59 Å². The maximum Gasteiger partial charge on any atom is 0.251 e. The van der Waals surface area contributed by atoms with Crippen molar-refractivity contribution in [2.75, 3.05) is 20.8 Å². The number of benzene rings is 3. The van der Waals surface area contributed by atoms with Crippen molar-refractivity contribution < 1.29 is 19.1 Å². The number of carbonyl (C=O) groups is 2. The third-order valence-electron chi connectivity index (χ3n) is 5.42. The zero-order valence-electron chi connectivity index (χ0n) is 19.0. The van der Waals surface area contributed by atoms with Gasteiger partial charge in [0.25, 0.3) is 5.91 Å². The second-order valence-corrected chi connectivity index (χ2v) is 7.64. The highest BCUT2D eigenvalue weighted by Crippen LogP contribution is 2.27. The fraction of sp³-hybridized carbons (Fsp3) is 0.148. The van der Waals surface area contributed by atoms with E-state index in [2.05, 4.69) is 21.7 Å². The molecule has 7 nitrogen and oxygen atoms in total. The summed E-state index contributed by atoms with van der Waals surface area (Å²) in [6.45, 7) is 0.187. The predicted octanol–water partition coefficient (Wildman–Crippen LogP) is 3.97. The SMILES string of the molecule is COc1ccc(CNC(=O)CNC(=O)c2ccc(-c3cnc4ccccc4c3)cc2)cc1OC. The molecule has 0 bridgehead atoms. The fourth-order valence-electron chi connectivity index (χ4n) is 3.56. The van der Waals surface area contributed by atoms with E-state index in [1.165, 1.54) is 0 Å². The summed E-state index contributed by atoms with van der Waals surface area (Å²) in [6.07, 6.45) is 1.82. The largest absolute Gasteiger partial charge is 0.493 e. The Bertz CT molecular complexity index is 1320. The molecule has 7 heteroatoms. The molecule has 172 valence electrons. The van der Waals surface area contributed by atoms with E-state index in [1.54, 1.807) is 38.5 Å². The minimum Gasteiger partial charge on any atom is -0.493 e. The maximum absolute atomic E-state index is 12.5. The molecule has 0 aliphatic heterocycles. The summed E-state index contributed by atoms with van der Waals surface area (Å²) in [4.78, 5) is 29.1. The summed E-state index contributed by atoms with van der Waals surface area (Å²) >= 11 is 0. The summed E-state index contributed by atoms with van der Waals surface area (Å²) in [6, 6.07) is 22.6. The molecule has 0 saturated carbocycles. The first-order chi connectivity index (χ1) is 16.6. The second-order valence-electron chi connectivity index (χ2n) is 7.64. The van der Waals surface area contributed by atoms with E-state index in [-0.39, 0.29) is 18.4 Å². The van der Waals surface area contributed by atoms with Gasteiger partial charge < -0.3 is 20.1 Å². The number of hydrogen-bond acceptors (Lipinski definition) is 5. The molecule has 3 aromatic carbocycles. The highest BCUT2D eigenvalue weighted by molar-refractivity contribution is 5.97. The number of hydrogen-bond donors (Lipinski definition) is 2. The van der Waals surface area contributed by atoms with Gasteiger partial charge in [-0.2, -0.15) is 0 Å². The van der Waals surface area contributed by atoms with Crippen molar-refractivity contribution in [3.63, 3.8) is 0 Å². The molecule has 0 saturated heterocycles. The number of methoxy groups -OCH3 is 2. The molecule has 2 N–H and O–H groups in total. The van der Waals surface area contributed by atoms with Gasteiger partial charge in [0.1, 0.15) is 0 Å². The molecule has 4 aromatic rings. The Balaban J connectivity index is 1.30. The maximum atomic E-state index is 12.5. The quantitative estimate of drug-likeness (QED) is 0.420. The summed E-state index contributed by atoms with van der Waals surface area (Å²) in [5, 5.41) is 6.49. The Labute approximate surface area is 197 Å². The normalized spacial score (nSPS) is 10.5. The van der Waals surface area contributed by atoms with Crippen molar-refractivity contribution in [1.29, 1.82) is 0 Å². The molecule has 0 aliphatic carbocycles. The van der Waals surface area contributed by atoms with Crippen LogP contribution in [0.3, 0.4) is 0 Å². The standard InChI is InChI=1S/C27H25N3O4/c1-33-24-12-7-18(13-25(24)34-2)15-29-26(31)17-30-27(32)20-10-8-19(9-11-20)22-14-21-5-3-4-6-23(21)28-16-22/h3-14,16H,15,17H2,1-2H3,(H,29,31)(H,30,32). The first-order valence-electron chi connectivity index (χ1n) is 10.8. The number of para-hydroxylation sites is 1. The van der Waals surface area contributed by atoms with E-state index in [0.29, 0.717) is 23.6 Å². The topological polar surface area (TPSA) is 89.6 Å². The van der Waals surface area contributed by atoms with Crippen molar-refractivity contribution >= 4 is 22.7 Å². The van der Waals surface area contributed by atoms with E-state index in [4.69, 9.17) is 9.47 Å². The number of nitrogens with zero attached hydrogens (tertiary/aromatic N) is 1. The lowest BCUT2D eigenvalue weighted by molar-refractivity contribution is -0.120. The smallest absolute Gasteiger partial charge is 0.251 e. The lowest BCUT2D eigenvalue weighted by Gasteiger charge is -2.11. The van der Waals surface area contributed by atoms with Crippen LogP contribution in [-0.4, -0.2) is 37.6 Å². The average molecular weight is 456 g/mol. The van der Waals surface area contributed by atoms with E-state index < -0.39 is 0 Å². The number of aromatic nitrogens is 1. The van der Waals surface area contributed by atoms with Crippen molar-refractivity contribution in [3.05, 3.63) is 90.1 Å². The Morgan fingerprint density at radius 1 is 0.824 bits per heavy atom. The van der Waals surface area contributed by atoms with Gasteiger partial charge in [-0.05, 0) is 47.5 Å². The minimum atomic E-state index is -0.315. The Morgan fingerprint density at radius 2 is 1.59 bits per heavy atom. The molecule has 0 unspecified atom stereocenters. The van der Waals surface area contributed by atoms with E-state index >= 15 is 0 Å². The molecule has 1 aromatic heterocycles. The monoisotopic (exact) mass is 455 g/mol. The number of nitrogens with one attached hydrogen (secondary N) is 2. The van der Waals surface area contributed by atoms with Gasteiger partial charge in [0.2, 0.25) is 5.91 Å². The highest BCUT2D eigenvalue weighted by Gasteiger charge is 2.10. The molecule has 34 heavy (non-hydrogen) atoms. The molecule has 4 rings (SSSR count). The van der Waals surface area contributed by atoms with Crippen LogP contribution in [0.25, 0.3) is 22.0 Å². The molecule has 2 amide bonds. The fourth-order valence-corrected chi connectivity index (χ4v) is 3.56. The van der Waals surface area contributed by atoms with Crippen molar-refractivity contribution in [2.24, 2.45) is 0 Å². The molecular formula is C27H25N3O4. The van der Waals surface area contributed by atoms with Crippen LogP contribution in [0.4, 0.5) is 0 Å². The van der Waals surface area contributed by atoms with Crippen LogP contribution < -0.4 is 20.1 Å². The lowest BCUT2D eigenvalue weighted by Crippen LogP contribution is -2.36. The van der Waals surface area contributed by atoms with Gasteiger partial charge in [0.05, 0.1) is 26.3 Å². The zero-order valence-corrected chi connectivity index (χ0v) is 19.0. The Morgan fingerprint density at radius 3 is 2.35 bits per heavy atom. The summed E-state index contributed by atoms with van der Waals surface area (Å²) in [5.74, 6) is 0.602. The summed E-state index contributed by atoms with van der Waals surface area (Å²) < 4.78 is 10.5. The number of pyridine rings is 1. The van der Waals surface area contributed by atoms with Crippen LogP contribution in [0.15, 0.2) is 79.0 Å². The van der Waals surface area contributed by atoms with Crippen LogP contribution in [0.5, 0.6) is 11.5 Å². The lowest BCUT2D eigenvalue weighted by atomic mass is 10.0. The Hall–Kier alpha value is -4.39. The summed E-state index contributed by atoms with van der Waals surface area (Å²) in [5.41, 5.74) is 4.20. The zero-order chi connectivity index (χ0) is 23.9. The van der Waals surface area contributed by atoms with Crippen LogP contribution in [0, 0.1) is 0 Å². The van der Waals surface area contributed by atoms with E-state index in [0.717, 1.165) is 27.6 Å². The van der Waals surface area contributed by atoms with Gasteiger partial charge in [-0.3, -0.25) is 14.6 Å². The van der Waals surface area contributed by atoms with Gasteiger partial charge in [0.15, 0.2) is 11.5 Å². The predicted molar refractivity (Wildman–Crippen MR) is 131 cm³/mol. The molecule has 0 aliphatic rings. The van der Waals surface area contributed by atoms with Gasteiger partial charge >= 0.3 is 0 Å². The van der Waals surface area contributed by atoms with Crippen molar-refractivity contribution in [2.45, 2.75) is 6.54 Å².